The highest BCUT2D eigenvalue weighted by molar-refractivity contribution is 9.11. The van der Waals surface area contributed by atoms with Crippen LogP contribution in [0.25, 0.3) is 22.2 Å². The van der Waals surface area contributed by atoms with Crippen LogP contribution in [0.15, 0.2) is 33.3 Å². The Hall–Kier alpha value is -1.97. The van der Waals surface area contributed by atoms with Gasteiger partial charge < -0.3 is 21.3 Å². The summed E-state index contributed by atoms with van der Waals surface area (Å²) in [5.74, 6) is 1.04. The van der Waals surface area contributed by atoms with Crippen LogP contribution in [0.3, 0.4) is 0 Å². The number of nitrogens with zero attached hydrogens (tertiary/aromatic N) is 3. The molecular formula is C15H13Br2N5O2. The van der Waals surface area contributed by atoms with Crippen molar-refractivity contribution in [3.63, 3.8) is 0 Å². The van der Waals surface area contributed by atoms with Crippen LogP contribution in [-0.2, 0) is 0 Å². The normalized spacial score (nSPS) is 11.0. The number of rotatable bonds is 4. The number of benzene rings is 1. The molecule has 5 N–H and O–H groups in total. The summed E-state index contributed by atoms with van der Waals surface area (Å²) in [6, 6.07) is 5.48. The highest BCUT2D eigenvalue weighted by atomic mass is 79.9. The Morgan fingerprint density at radius 1 is 1.17 bits per heavy atom. The van der Waals surface area contributed by atoms with Crippen molar-refractivity contribution in [3.05, 3.63) is 33.3 Å². The van der Waals surface area contributed by atoms with Crippen LogP contribution in [0.2, 0.25) is 0 Å². The van der Waals surface area contributed by atoms with Crippen molar-refractivity contribution in [2.24, 2.45) is 0 Å². The smallest absolute Gasteiger partial charge is 0.222 e. The van der Waals surface area contributed by atoms with Crippen LogP contribution >= 0.6 is 31.9 Å². The van der Waals surface area contributed by atoms with Gasteiger partial charge in [-0.05, 0) is 34.1 Å². The van der Waals surface area contributed by atoms with Crippen molar-refractivity contribution in [2.75, 3.05) is 24.7 Å². The van der Waals surface area contributed by atoms with Gasteiger partial charge in [0, 0.05) is 27.2 Å². The van der Waals surface area contributed by atoms with E-state index >= 15 is 0 Å². The average Bonchev–Trinajstić information content (AvgIpc) is 2.55. The summed E-state index contributed by atoms with van der Waals surface area (Å²) >= 11 is 7.06. The Morgan fingerprint density at radius 2 is 1.96 bits per heavy atom. The molecule has 0 saturated heterocycles. The number of aromatic nitrogens is 3. The van der Waals surface area contributed by atoms with Gasteiger partial charge in [0.15, 0.2) is 5.65 Å². The van der Waals surface area contributed by atoms with E-state index in [4.69, 9.17) is 21.3 Å². The molecule has 9 heteroatoms. The van der Waals surface area contributed by atoms with E-state index in [1.165, 1.54) is 0 Å². The summed E-state index contributed by atoms with van der Waals surface area (Å²) in [5, 5.41) is 9.66. The highest BCUT2D eigenvalue weighted by Gasteiger charge is 2.17. The first kappa shape index (κ1) is 16.9. The predicted molar refractivity (Wildman–Crippen MR) is 99.6 cm³/mol. The van der Waals surface area contributed by atoms with Crippen LogP contribution < -0.4 is 16.2 Å². The monoisotopic (exact) mass is 453 g/mol. The van der Waals surface area contributed by atoms with Crippen molar-refractivity contribution >= 4 is 54.7 Å². The average molecular weight is 455 g/mol. The van der Waals surface area contributed by atoms with Gasteiger partial charge in [0.1, 0.15) is 18.2 Å². The molecule has 0 radical (unpaired) electrons. The molecule has 0 bridgehead atoms. The van der Waals surface area contributed by atoms with Crippen LogP contribution in [0.1, 0.15) is 0 Å². The van der Waals surface area contributed by atoms with Crippen molar-refractivity contribution in [1.29, 1.82) is 0 Å². The van der Waals surface area contributed by atoms with E-state index in [2.05, 4.69) is 46.8 Å². The van der Waals surface area contributed by atoms with Crippen LogP contribution in [-0.4, -0.2) is 33.3 Å². The number of halogens is 2. The maximum Gasteiger partial charge on any atom is 0.222 e. The topological polar surface area (TPSA) is 120 Å². The molecule has 0 aliphatic rings. The van der Waals surface area contributed by atoms with Gasteiger partial charge in [0.05, 0.1) is 11.1 Å². The quantitative estimate of drug-likeness (QED) is 0.554. The molecule has 124 valence electrons. The van der Waals surface area contributed by atoms with Gasteiger partial charge in [0.2, 0.25) is 5.95 Å². The minimum Gasteiger partial charge on any atom is -0.490 e. The van der Waals surface area contributed by atoms with Gasteiger partial charge in [-0.25, -0.2) is 9.97 Å². The second-order valence-corrected chi connectivity index (χ2v) is 6.52. The molecule has 0 fully saturated rings. The molecule has 1 aromatic carbocycles. The number of fused-ring (bicyclic) bond motifs is 1. The number of nitrogens with two attached hydrogens (primary N) is 2. The van der Waals surface area contributed by atoms with Gasteiger partial charge in [0.25, 0.3) is 0 Å². The van der Waals surface area contributed by atoms with Gasteiger partial charge >= 0.3 is 0 Å². The van der Waals surface area contributed by atoms with Crippen molar-refractivity contribution < 1.29 is 9.84 Å². The van der Waals surface area contributed by atoms with Gasteiger partial charge in [-0.1, -0.05) is 15.9 Å². The Labute approximate surface area is 154 Å². The Bertz CT molecular complexity index is 920. The molecule has 2 heterocycles. The molecule has 0 atom stereocenters. The molecule has 0 unspecified atom stereocenters. The first-order chi connectivity index (χ1) is 11.5. The number of hydrogen-bond acceptors (Lipinski definition) is 7. The predicted octanol–water partition coefficient (Wildman–Crippen LogP) is 2.75. The molecule has 2 aromatic heterocycles. The summed E-state index contributed by atoms with van der Waals surface area (Å²) < 4.78 is 7.04. The molecule has 0 spiro atoms. The fourth-order valence-electron chi connectivity index (χ4n) is 2.24. The largest absolute Gasteiger partial charge is 0.490 e. The second kappa shape index (κ2) is 6.88. The lowest BCUT2D eigenvalue weighted by atomic mass is 10.1. The highest BCUT2D eigenvalue weighted by Crippen LogP contribution is 2.43. The zero-order valence-electron chi connectivity index (χ0n) is 12.3. The first-order valence-electron chi connectivity index (χ1n) is 6.92. The van der Waals surface area contributed by atoms with Crippen molar-refractivity contribution in [1.82, 2.24) is 15.0 Å². The molecule has 3 rings (SSSR count). The third kappa shape index (κ3) is 3.14. The summed E-state index contributed by atoms with van der Waals surface area (Å²) in [5.41, 5.74) is 13.6. The number of aliphatic hydroxyl groups excluding tert-OH is 1. The maximum absolute atomic E-state index is 8.94. The van der Waals surface area contributed by atoms with Gasteiger partial charge in [-0.15, -0.1) is 0 Å². The van der Waals surface area contributed by atoms with Crippen LogP contribution in [0.4, 0.5) is 11.8 Å². The van der Waals surface area contributed by atoms with E-state index in [-0.39, 0.29) is 19.2 Å². The van der Waals surface area contributed by atoms with Gasteiger partial charge in [-0.3, -0.25) is 0 Å². The maximum atomic E-state index is 8.94. The summed E-state index contributed by atoms with van der Waals surface area (Å²) in [7, 11) is 0. The number of anilines is 2. The molecule has 24 heavy (non-hydrogen) atoms. The fourth-order valence-corrected chi connectivity index (χ4v) is 3.72. The zero-order chi connectivity index (χ0) is 17.3. The minimum atomic E-state index is -0.0731. The van der Waals surface area contributed by atoms with E-state index in [0.29, 0.717) is 32.6 Å². The third-order valence-electron chi connectivity index (χ3n) is 3.29. The lowest BCUT2D eigenvalue weighted by Gasteiger charge is -2.14. The number of nitrogen functional groups attached to an aromatic ring is 2. The van der Waals surface area contributed by atoms with Gasteiger partial charge in [-0.2, -0.15) is 4.98 Å². The Kier molecular flexibility index (Phi) is 4.83. The van der Waals surface area contributed by atoms with E-state index in [1.54, 1.807) is 12.3 Å². The van der Waals surface area contributed by atoms with Crippen LogP contribution in [0.5, 0.6) is 5.75 Å². The number of ether oxygens (including phenoxy) is 1. The molecule has 3 aromatic rings. The number of hydrogen-bond donors (Lipinski definition) is 3. The number of aliphatic hydroxyl groups is 1. The fraction of sp³-hybridized carbons (Fsp3) is 0.133. The van der Waals surface area contributed by atoms with Crippen molar-refractivity contribution in [3.8, 4) is 16.9 Å². The third-order valence-corrected chi connectivity index (χ3v) is 4.74. The molecule has 0 aliphatic heterocycles. The van der Waals surface area contributed by atoms with E-state index in [9.17, 15) is 0 Å². The van der Waals surface area contributed by atoms with Crippen molar-refractivity contribution in [2.45, 2.75) is 0 Å². The molecule has 0 amide bonds. The lowest BCUT2D eigenvalue weighted by Crippen LogP contribution is -2.03. The summed E-state index contributed by atoms with van der Waals surface area (Å²) in [4.78, 5) is 12.4. The molecule has 0 aliphatic carbocycles. The lowest BCUT2D eigenvalue weighted by molar-refractivity contribution is 0.200. The molecular weight excluding hydrogens is 442 g/mol. The summed E-state index contributed by atoms with van der Waals surface area (Å²) in [6.07, 6.45) is 1.60. The Balaban J connectivity index is 2.19. The minimum absolute atomic E-state index is 0.0731. The number of pyridine rings is 1. The molecule has 0 saturated carbocycles. The zero-order valence-corrected chi connectivity index (χ0v) is 15.5. The standard InChI is InChI=1S/C15H13Br2N5O2/c16-9-1-2-10(24-4-3-23)12(17)11(9)8-5-7-6-20-15(19)22-14(7)21-13(8)18/h1-2,5-6,23H,3-4H2,(H4,18,19,20,21,22). The Morgan fingerprint density at radius 3 is 2.71 bits per heavy atom. The van der Waals surface area contributed by atoms with E-state index in [1.807, 2.05) is 12.1 Å². The van der Waals surface area contributed by atoms with E-state index in [0.717, 1.165) is 10.0 Å². The SMILES string of the molecule is Nc1ncc2cc(-c3c(Br)ccc(OCCO)c3Br)c(N)nc2n1. The van der Waals surface area contributed by atoms with Crippen LogP contribution in [0, 0.1) is 0 Å². The first-order valence-corrected chi connectivity index (χ1v) is 8.50. The summed E-state index contributed by atoms with van der Waals surface area (Å²) in [6.45, 7) is 0.120. The second-order valence-electron chi connectivity index (χ2n) is 4.87. The van der Waals surface area contributed by atoms with E-state index < -0.39 is 0 Å². The molecule has 7 nitrogen and oxygen atoms in total.